The van der Waals surface area contributed by atoms with Crippen molar-refractivity contribution in [2.45, 2.75) is 31.7 Å². The van der Waals surface area contributed by atoms with Crippen molar-refractivity contribution in [3.8, 4) is 5.69 Å². The van der Waals surface area contributed by atoms with Gasteiger partial charge in [0, 0.05) is 32.0 Å². The summed E-state index contributed by atoms with van der Waals surface area (Å²) in [7, 11) is -1.49. The molecule has 0 aliphatic rings. The van der Waals surface area contributed by atoms with E-state index < -0.39 is 32.2 Å². The van der Waals surface area contributed by atoms with E-state index >= 15 is 0 Å². The van der Waals surface area contributed by atoms with Gasteiger partial charge in [-0.3, -0.25) is 9.36 Å². The third-order valence-electron chi connectivity index (χ3n) is 4.68. The van der Waals surface area contributed by atoms with E-state index in [2.05, 4.69) is 9.82 Å². The fourth-order valence-corrected chi connectivity index (χ4v) is 4.51. The molecule has 1 atom stereocenters. The van der Waals surface area contributed by atoms with E-state index in [-0.39, 0.29) is 0 Å². The van der Waals surface area contributed by atoms with Gasteiger partial charge in [-0.05, 0) is 44.5 Å². The second kappa shape index (κ2) is 7.45. The molecule has 0 fully saturated rings. The van der Waals surface area contributed by atoms with Gasteiger partial charge in [0.1, 0.15) is 0 Å². The van der Waals surface area contributed by atoms with E-state index in [1.807, 2.05) is 36.7 Å². The number of aromatic nitrogens is 4. The zero-order chi connectivity index (χ0) is 21.5. The molecule has 10 heteroatoms. The number of nitrogens with zero attached hydrogens (tertiary/aromatic N) is 4. The van der Waals surface area contributed by atoms with Crippen molar-refractivity contribution in [3.05, 3.63) is 74.3 Å². The fraction of sp³-hybridized carbons (Fsp3) is 0.316. The third-order valence-corrected chi connectivity index (χ3v) is 6.21. The van der Waals surface area contributed by atoms with Crippen molar-refractivity contribution in [1.29, 1.82) is 0 Å². The quantitative estimate of drug-likeness (QED) is 0.664. The number of nitrogens with one attached hydrogen (secondary N) is 1. The van der Waals surface area contributed by atoms with Gasteiger partial charge in [0.15, 0.2) is 4.90 Å². The van der Waals surface area contributed by atoms with E-state index in [0.717, 1.165) is 38.0 Å². The molecule has 2 aromatic heterocycles. The number of hydrogen-bond acceptors (Lipinski definition) is 5. The average molecular weight is 417 g/mol. The molecule has 3 rings (SSSR count). The molecule has 0 amide bonds. The normalized spacial score (nSPS) is 12.9. The minimum absolute atomic E-state index is 0.479. The SMILES string of the molecule is Cc1cc(C)n(-c2ccc(C(C)NS(=O)(=O)c3cn(C)c(=O)n(C)c3=O)cc2)n1. The van der Waals surface area contributed by atoms with Crippen LogP contribution in [0.2, 0.25) is 0 Å². The Bertz CT molecular complexity index is 1280. The van der Waals surface area contributed by atoms with Crippen LogP contribution in [0.5, 0.6) is 0 Å². The highest BCUT2D eigenvalue weighted by molar-refractivity contribution is 7.89. The number of rotatable bonds is 5. The van der Waals surface area contributed by atoms with Crippen LogP contribution in [-0.4, -0.2) is 27.3 Å². The molecule has 0 saturated heterocycles. The predicted octanol–water partition coefficient (Wildman–Crippen LogP) is 0.926. The molecule has 1 N–H and O–H groups in total. The summed E-state index contributed by atoms with van der Waals surface area (Å²) in [5.74, 6) is 0. The number of aryl methyl sites for hydroxylation is 3. The highest BCUT2D eigenvalue weighted by Gasteiger charge is 2.24. The molecular formula is C19H23N5O4S. The molecule has 9 nitrogen and oxygen atoms in total. The summed E-state index contributed by atoms with van der Waals surface area (Å²) < 4.78 is 31.6. The van der Waals surface area contributed by atoms with Crippen LogP contribution in [0.15, 0.2) is 51.0 Å². The van der Waals surface area contributed by atoms with Crippen molar-refractivity contribution in [3.63, 3.8) is 0 Å². The Morgan fingerprint density at radius 1 is 1.07 bits per heavy atom. The molecule has 1 aromatic carbocycles. The average Bonchev–Trinajstić information content (AvgIpc) is 3.00. The summed E-state index contributed by atoms with van der Waals surface area (Å²) in [6, 6.07) is 8.69. The van der Waals surface area contributed by atoms with Crippen molar-refractivity contribution in [2.75, 3.05) is 0 Å². The molecule has 0 bridgehead atoms. The lowest BCUT2D eigenvalue weighted by Gasteiger charge is -2.16. The first-order valence-electron chi connectivity index (χ1n) is 8.94. The maximum Gasteiger partial charge on any atom is 0.330 e. The first-order valence-corrected chi connectivity index (χ1v) is 10.4. The van der Waals surface area contributed by atoms with Crippen molar-refractivity contribution < 1.29 is 8.42 Å². The van der Waals surface area contributed by atoms with Crippen LogP contribution < -0.4 is 16.0 Å². The molecule has 2 heterocycles. The number of hydrogen-bond donors (Lipinski definition) is 1. The summed E-state index contributed by atoms with van der Waals surface area (Å²) >= 11 is 0. The summed E-state index contributed by atoms with van der Waals surface area (Å²) in [5.41, 5.74) is 2.03. The molecule has 1 unspecified atom stereocenters. The van der Waals surface area contributed by atoms with Crippen LogP contribution in [0.25, 0.3) is 5.69 Å². The molecule has 29 heavy (non-hydrogen) atoms. The molecule has 0 spiro atoms. The van der Waals surface area contributed by atoms with Crippen molar-refractivity contribution in [1.82, 2.24) is 23.6 Å². The summed E-state index contributed by atoms with van der Waals surface area (Å²) in [6.07, 6.45) is 1.03. The zero-order valence-electron chi connectivity index (χ0n) is 16.9. The Labute approximate surface area is 168 Å². The van der Waals surface area contributed by atoms with E-state index in [4.69, 9.17) is 0 Å². The molecule has 0 aliphatic heterocycles. The van der Waals surface area contributed by atoms with Gasteiger partial charge < -0.3 is 4.57 Å². The summed E-state index contributed by atoms with van der Waals surface area (Å²) in [6.45, 7) is 5.55. The van der Waals surface area contributed by atoms with E-state index in [0.29, 0.717) is 0 Å². The molecule has 0 aliphatic carbocycles. The van der Waals surface area contributed by atoms with Gasteiger partial charge >= 0.3 is 5.69 Å². The van der Waals surface area contributed by atoms with Crippen LogP contribution in [0.3, 0.4) is 0 Å². The van der Waals surface area contributed by atoms with Gasteiger partial charge in [0.05, 0.1) is 11.4 Å². The number of benzene rings is 1. The lowest BCUT2D eigenvalue weighted by atomic mass is 10.1. The molecule has 0 radical (unpaired) electrons. The van der Waals surface area contributed by atoms with Crippen LogP contribution in [0, 0.1) is 13.8 Å². The van der Waals surface area contributed by atoms with Crippen LogP contribution in [-0.2, 0) is 24.1 Å². The Morgan fingerprint density at radius 2 is 1.69 bits per heavy atom. The zero-order valence-corrected chi connectivity index (χ0v) is 17.7. The Balaban J connectivity index is 1.88. The summed E-state index contributed by atoms with van der Waals surface area (Å²) in [5, 5.41) is 4.43. The van der Waals surface area contributed by atoms with Gasteiger partial charge in [-0.25, -0.2) is 22.6 Å². The van der Waals surface area contributed by atoms with Gasteiger partial charge in [0.25, 0.3) is 5.56 Å². The van der Waals surface area contributed by atoms with Crippen molar-refractivity contribution in [2.24, 2.45) is 14.1 Å². The summed E-state index contributed by atoms with van der Waals surface area (Å²) in [4.78, 5) is 23.6. The minimum Gasteiger partial charge on any atom is -0.302 e. The molecule has 0 saturated carbocycles. The maximum absolute atomic E-state index is 12.7. The van der Waals surface area contributed by atoms with E-state index in [1.54, 1.807) is 19.1 Å². The number of sulfonamides is 1. The lowest BCUT2D eigenvalue weighted by molar-refractivity contribution is 0.557. The van der Waals surface area contributed by atoms with Crippen LogP contribution in [0.4, 0.5) is 0 Å². The topological polar surface area (TPSA) is 108 Å². The largest absolute Gasteiger partial charge is 0.330 e. The van der Waals surface area contributed by atoms with Gasteiger partial charge in [0.2, 0.25) is 10.0 Å². The monoisotopic (exact) mass is 417 g/mol. The maximum atomic E-state index is 12.7. The van der Waals surface area contributed by atoms with Crippen LogP contribution >= 0.6 is 0 Å². The van der Waals surface area contributed by atoms with Crippen molar-refractivity contribution >= 4 is 10.0 Å². The molecule has 154 valence electrons. The second-order valence-corrected chi connectivity index (χ2v) is 8.71. The minimum atomic E-state index is -4.13. The van der Waals surface area contributed by atoms with Gasteiger partial charge in [-0.1, -0.05) is 12.1 Å². The standard InChI is InChI=1S/C19H23N5O4S/c1-12-10-13(2)24(20-12)16-8-6-15(7-9-16)14(3)21-29(27,28)17-11-22(4)19(26)23(5)18(17)25/h6-11,14,21H,1-5H3. The smallest absolute Gasteiger partial charge is 0.302 e. The van der Waals surface area contributed by atoms with Crippen LogP contribution in [0.1, 0.15) is 29.9 Å². The van der Waals surface area contributed by atoms with E-state index in [1.165, 1.54) is 14.1 Å². The van der Waals surface area contributed by atoms with E-state index in [9.17, 15) is 18.0 Å². The first-order chi connectivity index (χ1) is 13.5. The molecule has 3 aromatic rings. The van der Waals surface area contributed by atoms with Gasteiger partial charge in [-0.2, -0.15) is 5.10 Å². The second-order valence-electron chi connectivity index (χ2n) is 7.02. The first kappa shape index (κ1) is 20.7. The Hall–Kier alpha value is -2.98. The highest BCUT2D eigenvalue weighted by atomic mass is 32.2. The predicted molar refractivity (Wildman–Crippen MR) is 109 cm³/mol. The Morgan fingerprint density at radius 3 is 2.24 bits per heavy atom. The Kier molecular flexibility index (Phi) is 5.33. The lowest BCUT2D eigenvalue weighted by Crippen LogP contribution is -2.41. The fourth-order valence-electron chi connectivity index (χ4n) is 3.12. The third kappa shape index (κ3) is 3.94. The molecular weight excluding hydrogens is 394 g/mol. The van der Waals surface area contributed by atoms with Gasteiger partial charge in [-0.15, -0.1) is 0 Å². The highest BCUT2D eigenvalue weighted by Crippen LogP contribution is 2.19.